The van der Waals surface area contributed by atoms with Crippen molar-refractivity contribution in [1.82, 2.24) is 5.32 Å². The zero-order valence-corrected chi connectivity index (χ0v) is 12.5. The molecule has 1 aliphatic rings. The summed E-state index contributed by atoms with van der Waals surface area (Å²) < 4.78 is 5.27. The van der Waals surface area contributed by atoms with E-state index in [1.807, 2.05) is 0 Å². The molecule has 1 fully saturated rings. The van der Waals surface area contributed by atoms with Gasteiger partial charge in [0.15, 0.2) is 12.1 Å². The van der Waals surface area contributed by atoms with Crippen LogP contribution in [-0.4, -0.2) is 81.4 Å². The van der Waals surface area contributed by atoms with Gasteiger partial charge in [-0.1, -0.05) is 0 Å². The van der Waals surface area contributed by atoms with E-state index in [2.05, 4.69) is 10.3 Å². The van der Waals surface area contributed by atoms with Crippen molar-refractivity contribution in [2.45, 2.75) is 49.8 Å². The normalized spacial score (nSPS) is 30.1. The maximum absolute atomic E-state index is 11.4. The second-order valence-electron chi connectivity index (χ2n) is 5.25. The predicted molar refractivity (Wildman–Crippen MR) is 77.2 cm³/mol. The summed E-state index contributed by atoms with van der Waals surface area (Å²) in [5.41, 5.74) is 10.6. The molecule has 23 heavy (non-hydrogen) atoms. The molecule has 11 nitrogen and oxygen atoms in total. The summed E-state index contributed by atoms with van der Waals surface area (Å²) in [6, 6.07) is -1.87. The first-order chi connectivity index (χ1) is 10.7. The van der Waals surface area contributed by atoms with E-state index >= 15 is 0 Å². The Morgan fingerprint density at radius 3 is 2.43 bits per heavy atom. The molecule has 1 aliphatic heterocycles. The maximum Gasteiger partial charge on any atom is 0.332 e. The molecule has 11 heteroatoms. The zero-order valence-electron chi connectivity index (χ0n) is 12.5. The molecule has 1 amide bonds. The number of guanidine groups is 1. The fraction of sp³-hybridized carbons (Fsp3) is 0.750. The number of aliphatic hydroxyl groups excluding tert-OH is 3. The van der Waals surface area contributed by atoms with E-state index in [1.165, 1.54) is 6.92 Å². The van der Waals surface area contributed by atoms with E-state index in [1.54, 1.807) is 0 Å². The minimum absolute atomic E-state index is 0.142. The minimum atomic E-state index is -1.66. The van der Waals surface area contributed by atoms with Crippen LogP contribution < -0.4 is 16.8 Å². The molecule has 0 bridgehead atoms. The highest BCUT2D eigenvalue weighted by Crippen LogP contribution is 2.26. The number of carbonyl (C=O) groups excluding carboxylic acids is 1. The van der Waals surface area contributed by atoms with Crippen molar-refractivity contribution in [2.75, 3.05) is 6.61 Å². The Morgan fingerprint density at radius 2 is 2.00 bits per heavy atom. The Kier molecular flexibility index (Phi) is 6.69. The van der Waals surface area contributed by atoms with Crippen LogP contribution in [-0.2, 0) is 14.3 Å². The summed E-state index contributed by atoms with van der Waals surface area (Å²) in [4.78, 5) is 26.5. The number of nitrogens with two attached hydrogens (primary N) is 2. The molecule has 0 aliphatic carbocycles. The van der Waals surface area contributed by atoms with Crippen molar-refractivity contribution >= 4 is 17.8 Å². The molecule has 0 spiro atoms. The number of rotatable bonds is 6. The van der Waals surface area contributed by atoms with Gasteiger partial charge >= 0.3 is 5.97 Å². The molecule has 1 unspecified atom stereocenters. The molecule has 0 saturated carbocycles. The molecule has 0 aromatic rings. The molecule has 6 atom stereocenters. The number of carboxylic acids is 1. The highest BCUT2D eigenvalue weighted by atomic mass is 16.5. The van der Waals surface area contributed by atoms with Gasteiger partial charge in [-0.25, -0.2) is 9.79 Å². The van der Waals surface area contributed by atoms with E-state index in [-0.39, 0.29) is 12.4 Å². The molecular weight excluding hydrogens is 312 g/mol. The Morgan fingerprint density at radius 1 is 1.39 bits per heavy atom. The first-order valence-electron chi connectivity index (χ1n) is 6.88. The number of carbonyl (C=O) groups is 2. The first-order valence-corrected chi connectivity index (χ1v) is 6.88. The van der Waals surface area contributed by atoms with Crippen LogP contribution in [0.4, 0.5) is 0 Å². The van der Waals surface area contributed by atoms with Crippen molar-refractivity contribution in [3.05, 3.63) is 0 Å². The van der Waals surface area contributed by atoms with E-state index in [9.17, 15) is 19.8 Å². The van der Waals surface area contributed by atoms with E-state index < -0.39 is 55.0 Å². The average molecular weight is 334 g/mol. The molecule has 0 aromatic carbocycles. The van der Waals surface area contributed by atoms with Crippen molar-refractivity contribution in [3.63, 3.8) is 0 Å². The van der Waals surface area contributed by atoms with Gasteiger partial charge in [-0.3, -0.25) is 4.79 Å². The fourth-order valence-electron chi connectivity index (χ4n) is 2.43. The topological polar surface area (TPSA) is 201 Å². The van der Waals surface area contributed by atoms with Gasteiger partial charge in [-0.15, -0.1) is 0 Å². The summed E-state index contributed by atoms with van der Waals surface area (Å²) >= 11 is 0. The lowest BCUT2D eigenvalue weighted by Crippen LogP contribution is -2.63. The van der Waals surface area contributed by atoms with Gasteiger partial charge in [0.1, 0.15) is 18.3 Å². The number of amides is 1. The second-order valence-corrected chi connectivity index (χ2v) is 5.25. The number of aliphatic imine (C=N–C) groups is 1. The van der Waals surface area contributed by atoms with Gasteiger partial charge in [-0.2, -0.15) is 0 Å². The van der Waals surface area contributed by atoms with E-state index in [0.29, 0.717) is 0 Å². The first kappa shape index (κ1) is 19.1. The van der Waals surface area contributed by atoms with Crippen LogP contribution in [0.1, 0.15) is 13.3 Å². The number of ether oxygens (including phenoxy) is 1. The predicted octanol–water partition coefficient (Wildman–Crippen LogP) is -3.91. The van der Waals surface area contributed by atoms with Gasteiger partial charge in [0.2, 0.25) is 5.91 Å². The quantitative estimate of drug-likeness (QED) is 0.187. The van der Waals surface area contributed by atoms with Crippen LogP contribution in [0.5, 0.6) is 0 Å². The van der Waals surface area contributed by atoms with Crippen molar-refractivity contribution in [1.29, 1.82) is 0 Å². The molecule has 132 valence electrons. The fourth-order valence-corrected chi connectivity index (χ4v) is 2.43. The number of hydrogen-bond acceptors (Lipinski definition) is 7. The maximum atomic E-state index is 11.4. The molecule has 9 N–H and O–H groups in total. The Labute approximate surface area is 131 Å². The average Bonchev–Trinajstić information content (AvgIpc) is 2.45. The Balaban J connectivity index is 3.18. The van der Waals surface area contributed by atoms with Crippen molar-refractivity contribution < 1.29 is 34.8 Å². The summed E-state index contributed by atoms with van der Waals surface area (Å²) in [5, 5.41) is 40.3. The minimum Gasteiger partial charge on any atom is -0.479 e. The number of aliphatic carboxylic acids is 1. The van der Waals surface area contributed by atoms with Gasteiger partial charge in [0.25, 0.3) is 0 Å². The molecule has 0 radical (unpaired) electrons. The van der Waals surface area contributed by atoms with E-state index in [0.717, 1.165) is 0 Å². The number of hydrogen-bond donors (Lipinski definition) is 7. The molecule has 1 rings (SSSR count). The largest absolute Gasteiger partial charge is 0.479 e. The lowest BCUT2D eigenvalue weighted by Gasteiger charge is -2.42. The number of nitrogens with one attached hydrogen (secondary N) is 1. The van der Waals surface area contributed by atoms with Crippen LogP contribution in [0.3, 0.4) is 0 Å². The summed E-state index contributed by atoms with van der Waals surface area (Å²) in [6.45, 7) is 0.431. The third kappa shape index (κ3) is 5.03. The number of aliphatic hydroxyl groups is 3. The summed E-state index contributed by atoms with van der Waals surface area (Å²) in [5.74, 6) is -2.12. The lowest BCUT2D eigenvalue weighted by atomic mass is 9.88. The summed E-state index contributed by atoms with van der Waals surface area (Å²) in [7, 11) is 0. The van der Waals surface area contributed by atoms with Gasteiger partial charge in [0.05, 0.1) is 18.7 Å². The molecule has 0 aromatic heterocycles. The number of nitrogens with zero attached hydrogens (tertiary/aromatic N) is 1. The number of carboxylic acid groups (broad SMARTS) is 1. The summed E-state index contributed by atoms with van der Waals surface area (Å²) in [6.07, 6.45) is -6.07. The van der Waals surface area contributed by atoms with Gasteiger partial charge in [-0.05, 0) is 0 Å². The SMILES string of the molecule is CC(=O)N[C@H]1[C@H]([C@H](O)[C@H](O)CO)OC(C(=O)O)C[C@@H]1N=C(N)N. The smallest absolute Gasteiger partial charge is 0.332 e. The third-order valence-electron chi connectivity index (χ3n) is 3.42. The zero-order chi connectivity index (χ0) is 17.7. The highest BCUT2D eigenvalue weighted by molar-refractivity contribution is 5.77. The second kappa shape index (κ2) is 8.06. The van der Waals surface area contributed by atoms with Gasteiger partial charge in [0, 0.05) is 13.3 Å². The molecular formula is C12H22N4O7. The Bertz CT molecular complexity index is 468. The van der Waals surface area contributed by atoms with Crippen LogP contribution >= 0.6 is 0 Å². The van der Waals surface area contributed by atoms with Crippen molar-refractivity contribution in [3.8, 4) is 0 Å². The van der Waals surface area contributed by atoms with Crippen LogP contribution in [0.15, 0.2) is 4.99 Å². The van der Waals surface area contributed by atoms with Crippen LogP contribution in [0.25, 0.3) is 0 Å². The van der Waals surface area contributed by atoms with Crippen LogP contribution in [0, 0.1) is 0 Å². The van der Waals surface area contributed by atoms with Gasteiger partial charge < -0.3 is 41.9 Å². The van der Waals surface area contributed by atoms with E-state index in [4.69, 9.17) is 26.4 Å². The van der Waals surface area contributed by atoms with Crippen LogP contribution in [0.2, 0.25) is 0 Å². The molecule has 1 heterocycles. The monoisotopic (exact) mass is 334 g/mol. The molecule has 1 saturated heterocycles. The lowest BCUT2D eigenvalue weighted by molar-refractivity contribution is -0.182. The highest BCUT2D eigenvalue weighted by Gasteiger charge is 2.46. The Hall–Kier alpha value is -1.95. The third-order valence-corrected chi connectivity index (χ3v) is 3.42. The van der Waals surface area contributed by atoms with Crippen molar-refractivity contribution in [2.24, 2.45) is 16.5 Å². The standard InChI is InChI=1S/C12H22N4O7/c1-4(18)15-8-5(16-12(13)14)2-7(11(21)22)23-10(8)9(20)6(19)3-17/h5-10,17,19-20H,2-3H2,1H3,(H,15,18)(H,21,22)(H4,13,14,16)/t5-,6+,7?,8+,9+,10+/m0/s1.